The lowest BCUT2D eigenvalue weighted by molar-refractivity contribution is 0.171. The van der Waals surface area contributed by atoms with E-state index in [1.165, 1.54) is 5.56 Å². The summed E-state index contributed by atoms with van der Waals surface area (Å²) in [6, 6.07) is 4.27. The molecule has 1 atom stereocenters. The summed E-state index contributed by atoms with van der Waals surface area (Å²) in [5.74, 6) is 1.67. The molecule has 92 valence electrons. The first-order valence-corrected chi connectivity index (χ1v) is 6.78. The molecule has 0 radical (unpaired) electrons. The number of hydrogen-bond donors (Lipinski definition) is 1. The minimum atomic E-state index is 0.134. The Hall–Kier alpha value is -0.740. The molecule has 1 saturated carbocycles. The average molecular weight is 298 g/mol. The summed E-state index contributed by atoms with van der Waals surface area (Å²) >= 11 is 3.63. The molecule has 2 aliphatic rings. The van der Waals surface area contributed by atoms with Crippen molar-refractivity contribution in [3.63, 3.8) is 0 Å². The first-order chi connectivity index (χ1) is 8.13. The van der Waals surface area contributed by atoms with Crippen LogP contribution < -0.4 is 15.2 Å². The fourth-order valence-corrected chi connectivity index (χ4v) is 3.27. The van der Waals surface area contributed by atoms with Gasteiger partial charge in [-0.1, -0.05) is 15.9 Å². The molecule has 17 heavy (non-hydrogen) atoms. The molecule has 1 unspecified atom stereocenters. The van der Waals surface area contributed by atoms with Gasteiger partial charge in [-0.05, 0) is 37.5 Å². The van der Waals surface area contributed by atoms with Crippen LogP contribution in [0, 0.1) is 0 Å². The number of rotatable bonds is 2. The molecule has 1 aliphatic carbocycles. The van der Waals surface area contributed by atoms with E-state index in [-0.39, 0.29) is 11.5 Å². The maximum atomic E-state index is 6.12. The molecular weight excluding hydrogens is 282 g/mol. The Labute approximate surface area is 109 Å². The van der Waals surface area contributed by atoms with E-state index in [2.05, 4.69) is 28.9 Å². The SMILES string of the molecule is CC(N)C1(c2cc3c(cc2Br)OCCO3)CC1. The van der Waals surface area contributed by atoms with E-state index in [1.807, 2.05) is 6.07 Å². The highest BCUT2D eigenvalue weighted by Gasteiger charge is 2.48. The van der Waals surface area contributed by atoms with Crippen LogP contribution in [-0.4, -0.2) is 19.3 Å². The first-order valence-electron chi connectivity index (χ1n) is 5.99. The molecule has 1 aromatic carbocycles. The second-order valence-electron chi connectivity index (χ2n) is 4.92. The third-order valence-electron chi connectivity index (χ3n) is 3.83. The fraction of sp³-hybridized carbons (Fsp3) is 0.538. The molecule has 0 amide bonds. The topological polar surface area (TPSA) is 44.5 Å². The Morgan fingerprint density at radius 2 is 1.82 bits per heavy atom. The van der Waals surface area contributed by atoms with E-state index >= 15 is 0 Å². The normalized spacial score (nSPS) is 22.1. The number of ether oxygens (including phenoxy) is 2. The van der Waals surface area contributed by atoms with Gasteiger partial charge in [-0.15, -0.1) is 0 Å². The minimum absolute atomic E-state index is 0.134. The smallest absolute Gasteiger partial charge is 0.162 e. The summed E-state index contributed by atoms with van der Waals surface area (Å²) in [6.45, 7) is 3.33. The van der Waals surface area contributed by atoms with Crippen LogP contribution in [0.4, 0.5) is 0 Å². The lowest BCUT2D eigenvalue weighted by atomic mass is 9.89. The third kappa shape index (κ3) is 1.74. The van der Waals surface area contributed by atoms with Crippen molar-refractivity contribution in [1.29, 1.82) is 0 Å². The first kappa shape index (κ1) is 11.4. The Balaban J connectivity index is 2.06. The Bertz CT molecular complexity index is 455. The van der Waals surface area contributed by atoms with Gasteiger partial charge in [-0.25, -0.2) is 0 Å². The second kappa shape index (κ2) is 3.89. The molecule has 4 heteroatoms. The summed E-state index contributed by atoms with van der Waals surface area (Å²) in [7, 11) is 0. The summed E-state index contributed by atoms with van der Waals surface area (Å²) in [5.41, 5.74) is 7.51. The van der Waals surface area contributed by atoms with E-state index in [4.69, 9.17) is 15.2 Å². The van der Waals surface area contributed by atoms with Crippen LogP contribution in [-0.2, 0) is 5.41 Å². The standard InChI is InChI=1S/C13H16BrNO2/c1-8(15)13(2-3-13)9-6-11-12(7-10(9)14)17-5-4-16-11/h6-8H,2-5,15H2,1H3. The molecule has 2 N–H and O–H groups in total. The molecular formula is C13H16BrNO2. The summed E-state index contributed by atoms with van der Waals surface area (Å²) in [4.78, 5) is 0. The van der Waals surface area contributed by atoms with Gasteiger partial charge in [0.1, 0.15) is 13.2 Å². The van der Waals surface area contributed by atoms with Gasteiger partial charge in [-0.3, -0.25) is 0 Å². The van der Waals surface area contributed by atoms with Gasteiger partial charge >= 0.3 is 0 Å². The Morgan fingerprint density at radius 1 is 1.24 bits per heavy atom. The number of fused-ring (bicyclic) bond motifs is 1. The molecule has 1 fully saturated rings. The van der Waals surface area contributed by atoms with Crippen LogP contribution in [0.25, 0.3) is 0 Å². The zero-order valence-corrected chi connectivity index (χ0v) is 11.4. The molecule has 0 spiro atoms. The second-order valence-corrected chi connectivity index (χ2v) is 5.77. The minimum Gasteiger partial charge on any atom is -0.486 e. The fourth-order valence-electron chi connectivity index (χ4n) is 2.55. The average Bonchev–Trinajstić information content (AvgIpc) is 3.09. The maximum Gasteiger partial charge on any atom is 0.162 e. The van der Waals surface area contributed by atoms with Crippen molar-refractivity contribution < 1.29 is 9.47 Å². The highest BCUT2D eigenvalue weighted by Crippen LogP contribution is 2.54. The number of halogens is 1. The van der Waals surface area contributed by atoms with Crippen LogP contribution in [0.1, 0.15) is 25.3 Å². The van der Waals surface area contributed by atoms with Gasteiger partial charge in [0.05, 0.1) is 0 Å². The molecule has 3 rings (SSSR count). The van der Waals surface area contributed by atoms with Crippen molar-refractivity contribution in [2.75, 3.05) is 13.2 Å². The van der Waals surface area contributed by atoms with E-state index in [9.17, 15) is 0 Å². The summed E-state index contributed by atoms with van der Waals surface area (Å²) in [5, 5.41) is 0. The van der Waals surface area contributed by atoms with E-state index < -0.39 is 0 Å². The highest BCUT2D eigenvalue weighted by atomic mass is 79.9. The predicted octanol–water partition coefficient (Wildman–Crippen LogP) is 2.60. The lowest BCUT2D eigenvalue weighted by Crippen LogP contribution is -2.32. The van der Waals surface area contributed by atoms with Gasteiger partial charge in [0.15, 0.2) is 11.5 Å². The number of hydrogen-bond acceptors (Lipinski definition) is 3. The molecule has 0 aromatic heterocycles. The van der Waals surface area contributed by atoms with Crippen molar-refractivity contribution in [3.8, 4) is 11.5 Å². The van der Waals surface area contributed by atoms with Crippen LogP contribution in [0.15, 0.2) is 16.6 Å². The maximum absolute atomic E-state index is 6.12. The molecule has 3 nitrogen and oxygen atoms in total. The van der Waals surface area contributed by atoms with Gasteiger partial charge in [-0.2, -0.15) is 0 Å². The predicted molar refractivity (Wildman–Crippen MR) is 69.7 cm³/mol. The highest BCUT2D eigenvalue weighted by molar-refractivity contribution is 9.10. The molecule has 1 aliphatic heterocycles. The number of benzene rings is 1. The van der Waals surface area contributed by atoms with Crippen LogP contribution in [0.3, 0.4) is 0 Å². The Morgan fingerprint density at radius 3 is 2.35 bits per heavy atom. The summed E-state index contributed by atoms with van der Waals surface area (Å²) in [6.07, 6.45) is 2.31. The van der Waals surface area contributed by atoms with Crippen molar-refractivity contribution in [2.24, 2.45) is 5.73 Å². The molecule has 0 saturated heterocycles. The van der Waals surface area contributed by atoms with E-state index in [0.717, 1.165) is 28.8 Å². The molecule has 1 aromatic rings. The zero-order chi connectivity index (χ0) is 12.0. The van der Waals surface area contributed by atoms with E-state index in [1.54, 1.807) is 0 Å². The zero-order valence-electron chi connectivity index (χ0n) is 9.83. The molecule has 0 bridgehead atoms. The van der Waals surface area contributed by atoms with Crippen molar-refractivity contribution in [1.82, 2.24) is 0 Å². The van der Waals surface area contributed by atoms with Crippen molar-refractivity contribution in [3.05, 3.63) is 22.2 Å². The third-order valence-corrected chi connectivity index (χ3v) is 4.48. The molecule has 1 heterocycles. The quantitative estimate of drug-likeness (QED) is 0.912. The Kier molecular flexibility index (Phi) is 2.60. The number of nitrogens with two attached hydrogens (primary N) is 1. The van der Waals surface area contributed by atoms with E-state index in [0.29, 0.717) is 13.2 Å². The van der Waals surface area contributed by atoms with Crippen LogP contribution in [0.2, 0.25) is 0 Å². The van der Waals surface area contributed by atoms with Gasteiger partial charge < -0.3 is 15.2 Å². The van der Waals surface area contributed by atoms with Crippen molar-refractivity contribution in [2.45, 2.75) is 31.2 Å². The van der Waals surface area contributed by atoms with Gasteiger partial charge in [0.2, 0.25) is 0 Å². The summed E-state index contributed by atoms with van der Waals surface area (Å²) < 4.78 is 12.3. The lowest BCUT2D eigenvalue weighted by Gasteiger charge is -2.25. The van der Waals surface area contributed by atoms with Crippen LogP contribution in [0.5, 0.6) is 11.5 Å². The van der Waals surface area contributed by atoms with Gasteiger partial charge in [0.25, 0.3) is 0 Å². The van der Waals surface area contributed by atoms with Crippen LogP contribution >= 0.6 is 15.9 Å². The monoisotopic (exact) mass is 297 g/mol. The largest absolute Gasteiger partial charge is 0.486 e. The van der Waals surface area contributed by atoms with Crippen molar-refractivity contribution >= 4 is 15.9 Å². The van der Waals surface area contributed by atoms with Gasteiger partial charge in [0, 0.05) is 15.9 Å².